The molecule has 8 heteroatoms. The molecule has 7 nitrogen and oxygen atoms in total. The number of nitrogens with zero attached hydrogens (tertiary/aromatic N) is 1. The molecule has 1 fully saturated rings. The minimum absolute atomic E-state index is 0.0296. The highest BCUT2D eigenvalue weighted by Crippen LogP contribution is 2.42. The van der Waals surface area contributed by atoms with Gasteiger partial charge in [-0.3, -0.25) is 9.59 Å². The lowest BCUT2D eigenvalue weighted by atomic mass is 9.94. The number of benzene rings is 3. The first-order chi connectivity index (χ1) is 16.9. The first kappa shape index (κ1) is 24.2. The Kier molecular flexibility index (Phi) is 6.98. The Balaban J connectivity index is 1.87. The van der Waals surface area contributed by atoms with Gasteiger partial charge in [0.1, 0.15) is 11.5 Å². The third kappa shape index (κ3) is 4.68. The Morgan fingerprint density at radius 2 is 1.63 bits per heavy atom. The molecule has 0 aliphatic carbocycles. The molecule has 1 N–H and O–H groups in total. The molecule has 1 unspecified atom stereocenters. The van der Waals surface area contributed by atoms with E-state index in [1.54, 1.807) is 61.7 Å². The second kappa shape index (κ2) is 10.1. The fourth-order valence-electron chi connectivity index (χ4n) is 4.13. The van der Waals surface area contributed by atoms with E-state index in [0.29, 0.717) is 33.4 Å². The Bertz CT molecular complexity index is 1300. The van der Waals surface area contributed by atoms with E-state index in [4.69, 9.17) is 25.8 Å². The van der Waals surface area contributed by atoms with E-state index in [-0.39, 0.29) is 17.9 Å². The van der Waals surface area contributed by atoms with Crippen LogP contribution in [0, 0.1) is 0 Å². The maximum atomic E-state index is 13.2. The standard InChI is InChI=1S/C27H24ClNO6/c1-33-20-10-7-16(8-11-20)15-29-24(17-9-12-21(34-2)22(14-17)35-3)23(26(31)27(29)32)25(30)18-5-4-6-19(28)13-18/h4-14,24,30H,15H2,1-3H3/b25-23-. The predicted octanol–water partition coefficient (Wildman–Crippen LogP) is 4.99. The van der Waals surface area contributed by atoms with Gasteiger partial charge in [-0.2, -0.15) is 0 Å². The van der Waals surface area contributed by atoms with E-state index >= 15 is 0 Å². The lowest BCUT2D eigenvalue weighted by Crippen LogP contribution is -2.29. The first-order valence-electron chi connectivity index (χ1n) is 10.8. The van der Waals surface area contributed by atoms with Gasteiger partial charge in [0.2, 0.25) is 0 Å². The second-order valence-corrected chi connectivity index (χ2v) is 8.34. The van der Waals surface area contributed by atoms with E-state index in [0.717, 1.165) is 5.56 Å². The number of rotatable bonds is 7. The number of carbonyl (C=O) groups is 2. The van der Waals surface area contributed by atoms with Crippen LogP contribution >= 0.6 is 11.6 Å². The smallest absolute Gasteiger partial charge is 0.295 e. The molecule has 1 saturated heterocycles. The number of halogens is 1. The van der Waals surface area contributed by atoms with Crippen LogP contribution in [0.2, 0.25) is 5.02 Å². The number of amides is 1. The van der Waals surface area contributed by atoms with Crippen LogP contribution in [0.4, 0.5) is 0 Å². The Hall–Kier alpha value is -3.97. The highest BCUT2D eigenvalue weighted by Gasteiger charge is 2.46. The minimum atomic E-state index is -0.865. The van der Waals surface area contributed by atoms with Gasteiger partial charge in [0.05, 0.1) is 32.9 Å². The third-order valence-corrected chi connectivity index (χ3v) is 6.11. The summed E-state index contributed by atoms with van der Waals surface area (Å²) in [5.74, 6) is -0.197. The SMILES string of the molecule is COc1ccc(CN2C(=O)C(=O)/C(=C(\O)c3cccc(Cl)c3)C2c2ccc(OC)c(OC)c2)cc1. The van der Waals surface area contributed by atoms with Gasteiger partial charge in [-0.05, 0) is 47.5 Å². The topological polar surface area (TPSA) is 85.3 Å². The highest BCUT2D eigenvalue weighted by atomic mass is 35.5. The largest absolute Gasteiger partial charge is 0.507 e. The summed E-state index contributed by atoms with van der Waals surface area (Å²) < 4.78 is 16.0. The van der Waals surface area contributed by atoms with Gasteiger partial charge < -0.3 is 24.2 Å². The first-order valence-corrected chi connectivity index (χ1v) is 11.1. The summed E-state index contributed by atoms with van der Waals surface area (Å²) >= 11 is 6.11. The van der Waals surface area contributed by atoms with Crippen molar-refractivity contribution < 1.29 is 28.9 Å². The van der Waals surface area contributed by atoms with Crippen molar-refractivity contribution in [3.8, 4) is 17.2 Å². The van der Waals surface area contributed by atoms with Crippen molar-refractivity contribution in [3.63, 3.8) is 0 Å². The number of aliphatic hydroxyl groups is 1. The van der Waals surface area contributed by atoms with Gasteiger partial charge in [-0.15, -0.1) is 0 Å². The summed E-state index contributed by atoms with van der Waals surface area (Å²) in [6.07, 6.45) is 0. The zero-order valence-electron chi connectivity index (χ0n) is 19.4. The quantitative estimate of drug-likeness (QED) is 0.283. The number of aliphatic hydroxyl groups excluding tert-OH is 1. The number of ether oxygens (including phenoxy) is 3. The average Bonchev–Trinajstić information content (AvgIpc) is 3.13. The van der Waals surface area contributed by atoms with Crippen LogP contribution in [0.15, 0.2) is 72.3 Å². The normalized spacial score (nSPS) is 16.9. The van der Waals surface area contributed by atoms with Gasteiger partial charge in [0.15, 0.2) is 11.5 Å². The number of Topliss-reactive ketones (excluding diaryl/α,β-unsaturated/α-hetero) is 1. The van der Waals surface area contributed by atoms with Gasteiger partial charge in [-0.1, -0.05) is 41.9 Å². The number of carbonyl (C=O) groups excluding carboxylic acids is 2. The number of likely N-dealkylation sites (tertiary alicyclic amines) is 1. The number of ketones is 1. The van der Waals surface area contributed by atoms with Crippen LogP contribution < -0.4 is 14.2 Å². The van der Waals surface area contributed by atoms with E-state index < -0.39 is 17.7 Å². The van der Waals surface area contributed by atoms with Crippen LogP contribution in [0.3, 0.4) is 0 Å². The van der Waals surface area contributed by atoms with Gasteiger partial charge >= 0.3 is 0 Å². The molecule has 3 aromatic rings. The lowest BCUT2D eigenvalue weighted by Gasteiger charge is -2.26. The molecule has 0 aromatic heterocycles. The Morgan fingerprint density at radius 3 is 2.26 bits per heavy atom. The zero-order valence-corrected chi connectivity index (χ0v) is 20.2. The number of methoxy groups -OCH3 is 3. The van der Waals surface area contributed by atoms with Crippen LogP contribution in [0.25, 0.3) is 5.76 Å². The van der Waals surface area contributed by atoms with Gasteiger partial charge in [0, 0.05) is 17.1 Å². The van der Waals surface area contributed by atoms with Crippen LogP contribution in [-0.2, 0) is 16.1 Å². The van der Waals surface area contributed by atoms with Gasteiger partial charge in [-0.25, -0.2) is 0 Å². The number of hydrogen-bond donors (Lipinski definition) is 1. The molecule has 1 amide bonds. The van der Waals surface area contributed by atoms with Crippen LogP contribution in [0.1, 0.15) is 22.7 Å². The molecule has 1 atom stereocenters. The summed E-state index contributed by atoms with van der Waals surface area (Å²) in [7, 11) is 4.59. The summed E-state index contributed by atoms with van der Waals surface area (Å²) in [6, 6.07) is 18.0. The van der Waals surface area contributed by atoms with Crippen molar-refractivity contribution in [1.82, 2.24) is 4.90 Å². The molecule has 1 aliphatic rings. The van der Waals surface area contributed by atoms with Crippen LogP contribution in [0.5, 0.6) is 17.2 Å². The zero-order chi connectivity index (χ0) is 25.1. The van der Waals surface area contributed by atoms with E-state index in [9.17, 15) is 14.7 Å². The lowest BCUT2D eigenvalue weighted by molar-refractivity contribution is -0.140. The van der Waals surface area contributed by atoms with E-state index in [2.05, 4.69) is 0 Å². The van der Waals surface area contributed by atoms with Crippen molar-refractivity contribution in [2.45, 2.75) is 12.6 Å². The molecule has 0 spiro atoms. The molecule has 35 heavy (non-hydrogen) atoms. The summed E-state index contributed by atoms with van der Waals surface area (Å²) in [4.78, 5) is 27.9. The molecule has 0 saturated carbocycles. The molecule has 0 radical (unpaired) electrons. The second-order valence-electron chi connectivity index (χ2n) is 7.90. The summed E-state index contributed by atoms with van der Waals surface area (Å²) in [5, 5.41) is 11.6. The fraction of sp³-hybridized carbons (Fsp3) is 0.185. The predicted molar refractivity (Wildman–Crippen MR) is 132 cm³/mol. The van der Waals surface area contributed by atoms with Crippen molar-refractivity contribution >= 4 is 29.1 Å². The molecule has 180 valence electrons. The number of hydrogen-bond acceptors (Lipinski definition) is 6. The van der Waals surface area contributed by atoms with E-state index in [1.807, 2.05) is 12.1 Å². The maximum Gasteiger partial charge on any atom is 0.295 e. The summed E-state index contributed by atoms with van der Waals surface area (Å²) in [6.45, 7) is 0.139. The molecule has 1 aliphatic heterocycles. The van der Waals surface area contributed by atoms with Crippen molar-refractivity contribution in [2.75, 3.05) is 21.3 Å². The Morgan fingerprint density at radius 1 is 0.914 bits per heavy atom. The highest BCUT2D eigenvalue weighted by molar-refractivity contribution is 6.46. The van der Waals surface area contributed by atoms with E-state index in [1.165, 1.54) is 19.1 Å². The monoisotopic (exact) mass is 493 g/mol. The maximum absolute atomic E-state index is 13.2. The van der Waals surface area contributed by atoms with Crippen molar-refractivity contribution in [1.29, 1.82) is 0 Å². The Labute approximate surface area is 208 Å². The fourth-order valence-corrected chi connectivity index (χ4v) is 4.32. The van der Waals surface area contributed by atoms with Crippen molar-refractivity contribution in [2.24, 2.45) is 0 Å². The van der Waals surface area contributed by atoms with Crippen LogP contribution in [-0.4, -0.2) is 43.0 Å². The molecule has 4 rings (SSSR count). The van der Waals surface area contributed by atoms with Crippen molar-refractivity contribution in [3.05, 3.63) is 94.0 Å². The summed E-state index contributed by atoms with van der Waals surface area (Å²) in [5.41, 5.74) is 1.68. The molecular formula is C27H24ClNO6. The minimum Gasteiger partial charge on any atom is -0.507 e. The molecular weight excluding hydrogens is 470 g/mol. The third-order valence-electron chi connectivity index (χ3n) is 5.87. The average molecular weight is 494 g/mol. The molecule has 1 heterocycles. The molecule has 3 aromatic carbocycles. The van der Waals surface area contributed by atoms with Gasteiger partial charge in [0.25, 0.3) is 11.7 Å². The molecule has 0 bridgehead atoms.